The molecule has 0 aliphatic heterocycles. The predicted molar refractivity (Wildman–Crippen MR) is 62.8 cm³/mol. The van der Waals surface area contributed by atoms with Crippen LogP contribution < -0.4 is 10.5 Å². The summed E-state index contributed by atoms with van der Waals surface area (Å²) in [6.45, 7) is 0. The summed E-state index contributed by atoms with van der Waals surface area (Å²) in [5.74, 6) is -1.04. The Morgan fingerprint density at radius 2 is 1.94 bits per heavy atom. The molecule has 90 valence electrons. The molecule has 0 bridgehead atoms. The maximum absolute atomic E-state index is 12.1. The summed E-state index contributed by atoms with van der Waals surface area (Å²) in [5, 5.41) is 30.7. The first kappa shape index (κ1) is 10.5. The van der Waals surface area contributed by atoms with Crippen LogP contribution in [0.3, 0.4) is 0 Å². The van der Waals surface area contributed by atoms with E-state index >= 15 is 0 Å². The molecule has 0 unspecified atom stereocenters. The van der Waals surface area contributed by atoms with Gasteiger partial charge < -0.3 is 19.7 Å². The molecule has 0 fully saturated rings. The van der Waals surface area contributed by atoms with E-state index < -0.39 is 11.2 Å². The van der Waals surface area contributed by atoms with Crippen LogP contribution >= 0.6 is 0 Å². The van der Waals surface area contributed by atoms with Gasteiger partial charge in [-0.05, 0) is 6.07 Å². The maximum atomic E-state index is 12.1. The molecule has 0 aliphatic rings. The lowest BCUT2D eigenvalue weighted by molar-refractivity contribution is -0.266. The van der Waals surface area contributed by atoms with Gasteiger partial charge in [-0.3, -0.25) is 4.79 Å². The Bertz CT molecular complexity index is 832. The molecule has 2 N–H and O–H groups in total. The molecule has 1 heterocycles. The Morgan fingerprint density at radius 1 is 1.17 bits per heavy atom. The minimum absolute atomic E-state index is 0.0201. The highest BCUT2D eigenvalue weighted by atomic mass is 16.4. The van der Waals surface area contributed by atoms with Gasteiger partial charge in [0.1, 0.15) is 28.1 Å². The Morgan fingerprint density at radius 3 is 2.72 bits per heavy atom. The number of rotatable bonds is 0. The third-order valence-corrected chi connectivity index (χ3v) is 2.73. The third-order valence-electron chi connectivity index (χ3n) is 2.73. The SMILES string of the molecule is O=c1c2cccc([O-])c2oc2cc(O)cc(O)c12. The summed E-state index contributed by atoms with van der Waals surface area (Å²) in [5.41, 5.74) is -0.602. The summed E-state index contributed by atoms with van der Waals surface area (Å²) >= 11 is 0. The van der Waals surface area contributed by atoms with Crippen molar-refractivity contribution in [2.75, 3.05) is 0 Å². The van der Waals surface area contributed by atoms with Crippen molar-refractivity contribution in [2.24, 2.45) is 0 Å². The Hall–Kier alpha value is -2.69. The molecule has 0 radical (unpaired) electrons. The zero-order chi connectivity index (χ0) is 12.9. The minimum Gasteiger partial charge on any atom is -0.870 e. The fourth-order valence-electron chi connectivity index (χ4n) is 1.94. The number of hydrogen-bond donors (Lipinski definition) is 2. The molecule has 3 rings (SSSR count). The van der Waals surface area contributed by atoms with Crippen molar-refractivity contribution < 1.29 is 19.7 Å². The van der Waals surface area contributed by atoms with Gasteiger partial charge in [-0.25, -0.2) is 0 Å². The molecule has 0 atom stereocenters. The third kappa shape index (κ3) is 1.31. The number of hydrogen-bond acceptors (Lipinski definition) is 5. The number of phenolic OH excluding ortho intramolecular Hbond substituents is 2. The second kappa shape index (κ2) is 3.40. The topological polar surface area (TPSA) is 93.7 Å². The van der Waals surface area contributed by atoms with Crippen LogP contribution in [0.1, 0.15) is 0 Å². The minimum atomic E-state index is -0.499. The molecule has 0 aliphatic carbocycles. The highest BCUT2D eigenvalue weighted by molar-refractivity contribution is 5.95. The van der Waals surface area contributed by atoms with E-state index in [0.29, 0.717) is 0 Å². The van der Waals surface area contributed by atoms with Crippen LogP contribution in [0.4, 0.5) is 0 Å². The van der Waals surface area contributed by atoms with Crippen molar-refractivity contribution in [3.63, 3.8) is 0 Å². The summed E-state index contributed by atoms with van der Waals surface area (Å²) < 4.78 is 5.29. The summed E-state index contributed by atoms with van der Waals surface area (Å²) in [6, 6.07) is 6.41. The number of aromatic hydroxyl groups is 2. The molecular weight excluding hydrogens is 236 g/mol. The van der Waals surface area contributed by atoms with Crippen LogP contribution in [0.15, 0.2) is 39.5 Å². The van der Waals surface area contributed by atoms with E-state index in [2.05, 4.69) is 0 Å². The number of phenols is 2. The summed E-state index contributed by atoms with van der Waals surface area (Å²) in [4.78, 5) is 12.1. The smallest absolute Gasteiger partial charge is 0.204 e. The van der Waals surface area contributed by atoms with Crippen LogP contribution in [-0.2, 0) is 0 Å². The normalized spacial score (nSPS) is 11.1. The highest BCUT2D eigenvalue weighted by Crippen LogP contribution is 2.31. The van der Waals surface area contributed by atoms with E-state index in [4.69, 9.17) is 4.42 Å². The van der Waals surface area contributed by atoms with Gasteiger partial charge in [-0.2, -0.15) is 0 Å². The molecule has 0 saturated heterocycles. The van der Waals surface area contributed by atoms with Crippen molar-refractivity contribution in [3.8, 4) is 17.2 Å². The van der Waals surface area contributed by atoms with E-state index in [-0.39, 0.29) is 33.4 Å². The van der Waals surface area contributed by atoms with Crippen molar-refractivity contribution in [1.29, 1.82) is 0 Å². The Labute approximate surface area is 100 Å². The van der Waals surface area contributed by atoms with Crippen LogP contribution in [-0.4, -0.2) is 10.2 Å². The molecule has 1 aromatic heterocycles. The first-order chi connectivity index (χ1) is 8.58. The molecule has 0 saturated carbocycles. The van der Waals surface area contributed by atoms with Gasteiger partial charge in [0.25, 0.3) is 0 Å². The Balaban J connectivity index is 2.66. The van der Waals surface area contributed by atoms with Crippen molar-refractivity contribution in [1.82, 2.24) is 0 Å². The van der Waals surface area contributed by atoms with Crippen LogP contribution in [0.25, 0.3) is 21.9 Å². The molecular formula is C13H7O5-. The molecule has 5 heteroatoms. The van der Waals surface area contributed by atoms with E-state index in [0.717, 1.165) is 6.07 Å². The lowest BCUT2D eigenvalue weighted by Crippen LogP contribution is -2.04. The lowest BCUT2D eigenvalue weighted by Gasteiger charge is -2.09. The first-order valence-corrected chi connectivity index (χ1v) is 5.16. The van der Waals surface area contributed by atoms with Crippen molar-refractivity contribution >= 4 is 21.9 Å². The van der Waals surface area contributed by atoms with E-state index in [1.165, 1.54) is 24.3 Å². The van der Waals surface area contributed by atoms with Gasteiger partial charge in [0, 0.05) is 12.1 Å². The molecule has 3 aromatic rings. The fourth-order valence-corrected chi connectivity index (χ4v) is 1.94. The van der Waals surface area contributed by atoms with Gasteiger partial charge >= 0.3 is 0 Å². The number of para-hydroxylation sites is 1. The standard InChI is InChI=1S/C13H8O5/c14-6-4-9(16)11-10(5-6)18-13-7(12(11)17)2-1-3-8(13)15/h1-5,14-16H/p-1. The van der Waals surface area contributed by atoms with Crippen LogP contribution in [0.5, 0.6) is 17.2 Å². The molecule has 18 heavy (non-hydrogen) atoms. The quantitative estimate of drug-likeness (QED) is 0.582. The van der Waals surface area contributed by atoms with Gasteiger partial charge in [-0.15, -0.1) is 0 Å². The number of fused-ring (bicyclic) bond motifs is 2. The zero-order valence-corrected chi connectivity index (χ0v) is 9.01. The highest BCUT2D eigenvalue weighted by Gasteiger charge is 2.12. The second-order valence-electron chi connectivity index (χ2n) is 3.90. The average molecular weight is 243 g/mol. The Kier molecular flexibility index (Phi) is 1.98. The molecule has 0 amide bonds. The van der Waals surface area contributed by atoms with E-state index in [1.54, 1.807) is 0 Å². The van der Waals surface area contributed by atoms with Gasteiger partial charge in [0.2, 0.25) is 5.43 Å². The van der Waals surface area contributed by atoms with E-state index in [1.807, 2.05) is 0 Å². The average Bonchev–Trinajstić information content (AvgIpc) is 2.30. The number of benzene rings is 2. The summed E-state index contributed by atoms with van der Waals surface area (Å²) in [7, 11) is 0. The predicted octanol–water partition coefficient (Wildman–Crippen LogP) is 1.43. The maximum Gasteiger partial charge on any atom is 0.204 e. The van der Waals surface area contributed by atoms with Crippen molar-refractivity contribution in [3.05, 3.63) is 40.6 Å². The fraction of sp³-hybridized carbons (Fsp3) is 0. The lowest BCUT2D eigenvalue weighted by atomic mass is 10.1. The molecule has 0 spiro atoms. The molecule has 2 aromatic carbocycles. The first-order valence-electron chi connectivity index (χ1n) is 5.16. The monoisotopic (exact) mass is 243 g/mol. The summed E-state index contributed by atoms with van der Waals surface area (Å²) in [6.07, 6.45) is 0. The molecule has 5 nitrogen and oxygen atoms in total. The zero-order valence-electron chi connectivity index (χ0n) is 9.01. The van der Waals surface area contributed by atoms with Gasteiger partial charge in [0.15, 0.2) is 0 Å². The van der Waals surface area contributed by atoms with Crippen LogP contribution in [0.2, 0.25) is 0 Å². The second-order valence-corrected chi connectivity index (χ2v) is 3.90. The van der Waals surface area contributed by atoms with Gasteiger partial charge in [-0.1, -0.05) is 17.9 Å². The van der Waals surface area contributed by atoms with Gasteiger partial charge in [0.05, 0.1) is 5.39 Å². The largest absolute Gasteiger partial charge is 0.870 e. The van der Waals surface area contributed by atoms with Crippen LogP contribution in [0, 0.1) is 0 Å². The van der Waals surface area contributed by atoms with E-state index in [9.17, 15) is 20.1 Å². The van der Waals surface area contributed by atoms with Crippen molar-refractivity contribution in [2.45, 2.75) is 0 Å².